The molecular formula is C16H24O. The molecule has 0 atom stereocenters. The molecule has 1 heteroatoms. The highest BCUT2D eigenvalue weighted by molar-refractivity contribution is 5.25. The molecule has 1 aromatic carbocycles. The van der Waals surface area contributed by atoms with Gasteiger partial charge in [-0.05, 0) is 50.3 Å². The van der Waals surface area contributed by atoms with Gasteiger partial charge >= 0.3 is 0 Å². The van der Waals surface area contributed by atoms with Gasteiger partial charge < -0.3 is 5.11 Å². The molecule has 0 aromatic heterocycles. The van der Waals surface area contributed by atoms with Crippen molar-refractivity contribution in [1.29, 1.82) is 0 Å². The van der Waals surface area contributed by atoms with E-state index in [0.29, 0.717) is 5.75 Å². The molecule has 0 radical (unpaired) electrons. The molecule has 0 aliphatic carbocycles. The van der Waals surface area contributed by atoms with Crippen LogP contribution >= 0.6 is 0 Å². The SMILES string of the molecule is CC=CCCCCCCCc1ccc(O)cc1. The second-order valence-corrected chi connectivity index (χ2v) is 4.54. The summed E-state index contributed by atoms with van der Waals surface area (Å²) in [6.45, 7) is 2.08. The minimum atomic E-state index is 0.359. The number of hydrogen-bond acceptors (Lipinski definition) is 1. The lowest BCUT2D eigenvalue weighted by molar-refractivity contribution is 0.475. The Morgan fingerprint density at radius 1 is 0.941 bits per heavy atom. The second kappa shape index (κ2) is 8.86. The molecule has 1 rings (SSSR count). The molecule has 0 amide bonds. The van der Waals surface area contributed by atoms with Gasteiger partial charge in [0.15, 0.2) is 0 Å². The minimum absolute atomic E-state index is 0.359. The van der Waals surface area contributed by atoms with Gasteiger partial charge in [0.2, 0.25) is 0 Å². The van der Waals surface area contributed by atoms with Crippen LogP contribution in [0.1, 0.15) is 51.0 Å². The predicted molar refractivity (Wildman–Crippen MR) is 74.3 cm³/mol. The highest BCUT2D eigenvalue weighted by Crippen LogP contribution is 2.13. The van der Waals surface area contributed by atoms with E-state index in [1.807, 2.05) is 12.1 Å². The third kappa shape index (κ3) is 6.83. The summed E-state index contributed by atoms with van der Waals surface area (Å²) in [4.78, 5) is 0. The number of benzene rings is 1. The number of rotatable bonds is 8. The van der Waals surface area contributed by atoms with Gasteiger partial charge in [0.25, 0.3) is 0 Å². The van der Waals surface area contributed by atoms with Crippen molar-refractivity contribution in [3.63, 3.8) is 0 Å². The molecule has 94 valence electrons. The molecular weight excluding hydrogens is 208 g/mol. The van der Waals surface area contributed by atoms with Crippen molar-refractivity contribution < 1.29 is 5.11 Å². The number of phenolic OH excluding ortho intramolecular Hbond substituents is 1. The fourth-order valence-electron chi connectivity index (χ4n) is 1.95. The molecule has 0 spiro atoms. The summed E-state index contributed by atoms with van der Waals surface area (Å²) in [7, 11) is 0. The standard InChI is InChI=1S/C16H24O/c1-2-3-4-5-6-7-8-9-10-15-11-13-16(17)14-12-15/h2-3,11-14,17H,4-10H2,1H3. The Balaban J connectivity index is 1.99. The smallest absolute Gasteiger partial charge is 0.115 e. The molecule has 0 saturated heterocycles. The number of allylic oxidation sites excluding steroid dienone is 2. The topological polar surface area (TPSA) is 20.2 Å². The molecule has 0 saturated carbocycles. The summed E-state index contributed by atoms with van der Waals surface area (Å²) in [6.07, 6.45) is 13.3. The first-order chi connectivity index (χ1) is 8.33. The first-order valence-corrected chi connectivity index (χ1v) is 6.72. The van der Waals surface area contributed by atoms with Gasteiger partial charge in [0, 0.05) is 0 Å². The highest BCUT2D eigenvalue weighted by Gasteiger charge is 1.94. The maximum atomic E-state index is 9.16. The van der Waals surface area contributed by atoms with Crippen molar-refractivity contribution in [3.8, 4) is 5.75 Å². The maximum absolute atomic E-state index is 9.16. The van der Waals surface area contributed by atoms with Crippen LogP contribution in [0.5, 0.6) is 5.75 Å². The van der Waals surface area contributed by atoms with Crippen LogP contribution in [0.25, 0.3) is 0 Å². The Labute approximate surface area is 105 Å². The van der Waals surface area contributed by atoms with Gasteiger partial charge in [0.1, 0.15) is 5.75 Å². The number of unbranched alkanes of at least 4 members (excludes halogenated alkanes) is 5. The summed E-state index contributed by atoms with van der Waals surface area (Å²) in [5, 5.41) is 9.16. The summed E-state index contributed by atoms with van der Waals surface area (Å²) in [6, 6.07) is 7.57. The van der Waals surface area contributed by atoms with E-state index in [1.165, 1.54) is 44.1 Å². The van der Waals surface area contributed by atoms with E-state index in [-0.39, 0.29) is 0 Å². The lowest BCUT2D eigenvalue weighted by Gasteiger charge is -2.02. The summed E-state index contributed by atoms with van der Waals surface area (Å²) in [5.41, 5.74) is 1.33. The Morgan fingerprint density at radius 3 is 2.29 bits per heavy atom. The van der Waals surface area contributed by atoms with Gasteiger partial charge in [-0.25, -0.2) is 0 Å². The van der Waals surface area contributed by atoms with E-state index in [1.54, 1.807) is 12.1 Å². The number of aromatic hydroxyl groups is 1. The van der Waals surface area contributed by atoms with Crippen LogP contribution in [0.2, 0.25) is 0 Å². The Hall–Kier alpha value is -1.24. The first kappa shape index (κ1) is 13.8. The largest absolute Gasteiger partial charge is 0.508 e. The van der Waals surface area contributed by atoms with Crippen molar-refractivity contribution >= 4 is 0 Å². The van der Waals surface area contributed by atoms with Crippen LogP contribution in [0.3, 0.4) is 0 Å². The summed E-state index contributed by atoms with van der Waals surface area (Å²) < 4.78 is 0. The zero-order valence-corrected chi connectivity index (χ0v) is 10.9. The summed E-state index contributed by atoms with van der Waals surface area (Å²) in [5.74, 6) is 0.359. The molecule has 17 heavy (non-hydrogen) atoms. The van der Waals surface area contributed by atoms with Crippen LogP contribution in [-0.2, 0) is 6.42 Å². The Bertz CT molecular complexity index is 311. The molecule has 0 bridgehead atoms. The molecule has 0 heterocycles. The summed E-state index contributed by atoms with van der Waals surface area (Å²) >= 11 is 0. The van der Waals surface area contributed by atoms with Crippen LogP contribution in [-0.4, -0.2) is 5.11 Å². The molecule has 0 aliphatic rings. The van der Waals surface area contributed by atoms with Gasteiger partial charge in [0.05, 0.1) is 0 Å². The normalized spacial score (nSPS) is 11.1. The van der Waals surface area contributed by atoms with E-state index in [4.69, 9.17) is 5.11 Å². The maximum Gasteiger partial charge on any atom is 0.115 e. The first-order valence-electron chi connectivity index (χ1n) is 6.72. The van der Waals surface area contributed by atoms with E-state index in [9.17, 15) is 0 Å². The molecule has 0 fully saturated rings. The van der Waals surface area contributed by atoms with Gasteiger partial charge in [-0.3, -0.25) is 0 Å². The van der Waals surface area contributed by atoms with Crippen molar-refractivity contribution in [3.05, 3.63) is 42.0 Å². The van der Waals surface area contributed by atoms with Crippen LogP contribution in [0, 0.1) is 0 Å². The van der Waals surface area contributed by atoms with Gasteiger partial charge in [-0.1, -0.05) is 43.5 Å². The third-order valence-corrected chi connectivity index (χ3v) is 3.01. The average Bonchev–Trinajstić information content (AvgIpc) is 2.35. The van der Waals surface area contributed by atoms with Gasteiger partial charge in [-0.2, -0.15) is 0 Å². The van der Waals surface area contributed by atoms with Crippen LogP contribution in [0.4, 0.5) is 0 Å². The lowest BCUT2D eigenvalue weighted by atomic mass is 10.0. The fraction of sp³-hybridized carbons (Fsp3) is 0.500. The Kier molecular flexibility index (Phi) is 7.20. The second-order valence-electron chi connectivity index (χ2n) is 4.54. The Morgan fingerprint density at radius 2 is 1.59 bits per heavy atom. The quantitative estimate of drug-likeness (QED) is 0.501. The zero-order valence-electron chi connectivity index (χ0n) is 10.9. The highest BCUT2D eigenvalue weighted by atomic mass is 16.3. The number of phenols is 1. The van der Waals surface area contributed by atoms with Crippen molar-refractivity contribution in [2.45, 2.75) is 51.9 Å². The van der Waals surface area contributed by atoms with Crippen molar-refractivity contribution in [2.24, 2.45) is 0 Å². The number of hydrogen-bond donors (Lipinski definition) is 1. The molecule has 1 N–H and O–H groups in total. The van der Waals surface area contributed by atoms with Crippen molar-refractivity contribution in [2.75, 3.05) is 0 Å². The van der Waals surface area contributed by atoms with Crippen molar-refractivity contribution in [1.82, 2.24) is 0 Å². The lowest BCUT2D eigenvalue weighted by Crippen LogP contribution is -1.85. The van der Waals surface area contributed by atoms with E-state index in [0.717, 1.165) is 6.42 Å². The average molecular weight is 232 g/mol. The molecule has 0 unspecified atom stereocenters. The molecule has 0 aliphatic heterocycles. The van der Waals surface area contributed by atoms with E-state index >= 15 is 0 Å². The molecule has 1 nitrogen and oxygen atoms in total. The number of aryl methyl sites for hydroxylation is 1. The molecule has 1 aromatic rings. The van der Waals surface area contributed by atoms with Gasteiger partial charge in [-0.15, -0.1) is 0 Å². The monoisotopic (exact) mass is 232 g/mol. The van der Waals surface area contributed by atoms with E-state index in [2.05, 4.69) is 19.1 Å². The van der Waals surface area contributed by atoms with Crippen LogP contribution < -0.4 is 0 Å². The third-order valence-electron chi connectivity index (χ3n) is 3.01. The van der Waals surface area contributed by atoms with E-state index < -0.39 is 0 Å². The fourth-order valence-corrected chi connectivity index (χ4v) is 1.95. The predicted octanol–water partition coefficient (Wildman–Crippen LogP) is 4.85. The minimum Gasteiger partial charge on any atom is -0.508 e. The zero-order chi connectivity index (χ0) is 12.3. The van der Waals surface area contributed by atoms with Crippen LogP contribution in [0.15, 0.2) is 36.4 Å².